The third kappa shape index (κ3) is 2.95. The van der Waals surface area contributed by atoms with Gasteiger partial charge in [0.05, 0.1) is 0 Å². The topological polar surface area (TPSA) is 53.9 Å². The van der Waals surface area contributed by atoms with E-state index >= 15 is 0 Å². The largest absolute Gasteiger partial charge is 0.342 e. The molecule has 0 aromatic carbocycles. The van der Waals surface area contributed by atoms with Gasteiger partial charge in [0.2, 0.25) is 5.91 Å². The van der Waals surface area contributed by atoms with Gasteiger partial charge < -0.3 is 9.47 Å². The lowest BCUT2D eigenvalue weighted by atomic mass is 9.95. The van der Waals surface area contributed by atoms with Crippen LogP contribution in [0.15, 0.2) is 0 Å². The van der Waals surface area contributed by atoms with Crippen LogP contribution in [0.1, 0.15) is 51.8 Å². The normalized spacial score (nSPS) is 20.9. The zero-order chi connectivity index (χ0) is 14.7. The Morgan fingerprint density at radius 1 is 1.55 bits per heavy atom. The van der Waals surface area contributed by atoms with Crippen LogP contribution in [0.4, 0.5) is 0 Å². The Balaban J connectivity index is 2.14. The maximum atomic E-state index is 12.3. The summed E-state index contributed by atoms with van der Waals surface area (Å²) in [6, 6.07) is 0. The maximum Gasteiger partial charge on any atom is 0.225 e. The fraction of sp³-hybridized carbons (Fsp3) is 0.786. The quantitative estimate of drug-likeness (QED) is 0.869. The SMILES string of the molecule is CC[C@H](C)C(=O)N1CCC[C@@H](c2n[nH]c(=S)n2CC)C1. The Bertz CT molecular complexity index is 521. The second kappa shape index (κ2) is 6.52. The molecule has 1 N–H and O–H groups in total. The van der Waals surface area contributed by atoms with Crippen LogP contribution in [-0.4, -0.2) is 38.7 Å². The van der Waals surface area contributed by atoms with Crippen molar-refractivity contribution in [3.05, 3.63) is 10.6 Å². The van der Waals surface area contributed by atoms with Crippen LogP contribution < -0.4 is 0 Å². The molecule has 1 aliphatic rings. The van der Waals surface area contributed by atoms with Crippen LogP contribution >= 0.6 is 12.2 Å². The van der Waals surface area contributed by atoms with Crippen molar-refractivity contribution < 1.29 is 4.79 Å². The Labute approximate surface area is 125 Å². The van der Waals surface area contributed by atoms with Crippen LogP contribution in [0.2, 0.25) is 0 Å². The molecule has 20 heavy (non-hydrogen) atoms. The van der Waals surface area contributed by atoms with E-state index in [0.717, 1.165) is 44.7 Å². The van der Waals surface area contributed by atoms with E-state index in [1.54, 1.807) is 0 Å². The highest BCUT2D eigenvalue weighted by Crippen LogP contribution is 2.26. The third-order valence-corrected chi connectivity index (χ3v) is 4.55. The summed E-state index contributed by atoms with van der Waals surface area (Å²) in [5, 5.41) is 7.25. The van der Waals surface area contributed by atoms with Crippen molar-refractivity contribution in [1.82, 2.24) is 19.7 Å². The van der Waals surface area contributed by atoms with E-state index in [4.69, 9.17) is 12.2 Å². The van der Waals surface area contributed by atoms with E-state index < -0.39 is 0 Å². The molecule has 0 radical (unpaired) electrons. The standard InChI is InChI=1S/C14H24N4OS/c1-4-10(3)13(19)17-8-6-7-11(9-17)12-15-16-14(20)18(12)5-2/h10-11H,4-9H2,1-3H3,(H,16,20)/t10-,11+/m0/s1. The van der Waals surface area contributed by atoms with Gasteiger partial charge >= 0.3 is 0 Å². The molecule has 2 atom stereocenters. The molecule has 0 aliphatic carbocycles. The average Bonchev–Trinajstić information content (AvgIpc) is 2.86. The van der Waals surface area contributed by atoms with Crippen molar-refractivity contribution in [2.75, 3.05) is 13.1 Å². The molecule has 0 bridgehead atoms. The molecule has 1 aromatic heterocycles. The highest BCUT2D eigenvalue weighted by molar-refractivity contribution is 7.71. The summed E-state index contributed by atoms with van der Waals surface area (Å²) in [7, 11) is 0. The number of amides is 1. The van der Waals surface area contributed by atoms with Crippen LogP contribution in [0, 0.1) is 10.7 Å². The van der Waals surface area contributed by atoms with Crippen molar-refractivity contribution in [2.45, 2.75) is 52.5 Å². The molecule has 1 saturated heterocycles. The van der Waals surface area contributed by atoms with Crippen molar-refractivity contribution >= 4 is 18.1 Å². The molecule has 5 nitrogen and oxygen atoms in total. The van der Waals surface area contributed by atoms with Gasteiger partial charge in [0.25, 0.3) is 0 Å². The highest BCUT2D eigenvalue weighted by atomic mass is 32.1. The lowest BCUT2D eigenvalue weighted by Crippen LogP contribution is -2.42. The number of aromatic nitrogens is 3. The van der Waals surface area contributed by atoms with Gasteiger partial charge in [-0.3, -0.25) is 9.89 Å². The van der Waals surface area contributed by atoms with Crippen molar-refractivity contribution in [3.8, 4) is 0 Å². The molecule has 6 heteroatoms. The molecule has 1 fully saturated rings. The smallest absolute Gasteiger partial charge is 0.225 e. The summed E-state index contributed by atoms with van der Waals surface area (Å²) in [6.07, 6.45) is 3.01. The zero-order valence-electron chi connectivity index (χ0n) is 12.6. The minimum Gasteiger partial charge on any atom is -0.342 e. The number of rotatable bonds is 4. The number of piperidine rings is 1. The molecule has 0 spiro atoms. The second-order valence-electron chi connectivity index (χ2n) is 5.56. The molecule has 1 amide bonds. The predicted octanol–water partition coefficient (Wildman–Crippen LogP) is 2.71. The Morgan fingerprint density at radius 3 is 2.95 bits per heavy atom. The Hall–Kier alpha value is -1.17. The minimum absolute atomic E-state index is 0.112. The summed E-state index contributed by atoms with van der Waals surface area (Å²) >= 11 is 5.25. The number of nitrogens with zero attached hydrogens (tertiary/aromatic N) is 3. The Kier molecular flexibility index (Phi) is 4.96. The van der Waals surface area contributed by atoms with Gasteiger partial charge in [-0.25, -0.2) is 0 Å². The first-order valence-electron chi connectivity index (χ1n) is 7.52. The summed E-state index contributed by atoms with van der Waals surface area (Å²) in [5.41, 5.74) is 0. The van der Waals surface area contributed by atoms with Gasteiger partial charge in [-0.1, -0.05) is 13.8 Å². The average molecular weight is 296 g/mol. The van der Waals surface area contributed by atoms with Crippen molar-refractivity contribution in [3.63, 3.8) is 0 Å². The summed E-state index contributed by atoms with van der Waals surface area (Å²) in [4.78, 5) is 14.3. The van der Waals surface area contributed by atoms with Crippen LogP contribution in [0.5, 0.6) is 0 Å². The third-order valence-electron chi connectivity index (χ3n) is 4.24. The van der Waals surface area contributed by atoms with Gasteiger partial charge in [0.15, 0.2) is 4.77 Å². The van der Waals surface area contributed by atoms with E-state index in [1.165, 1.54) is 0 Å². The van der Waals surface area contributed by atoms with E-state index in [1.807, 2.05) is 16.4 Å². The summed E-state index contributed by atoms with van der Waals surface area (Å²) in [6.45, 7) is 8.60. The van der Waals surface area contributed by atoms with Crippen molar-refractivity contribution in [2.24, 2.45) is 5.92 Å². The van der Waals surface area contributed by atoms with Gasteiger partial charge in [-0.05, 0) is 38.4 Å². The monoisotopic (exact) mass is 296 g/mol. The number of carbonyl (C=O) groups is 1. The summed E-state index contributed by atoms with van der Waals surface area (Å²) in [5.74, 6) is 1.68. The first-order chi connectivity index (χ1) is 9.58. The fourth-order valence-electron chi connectivity index (χ4n) is 2.82. The van der Waals surface area contributed by atoms with Gasteiger partial charge in [-0.2, -0.15) is 5.10 Å². The van der Waals surface area contributed by atoms with Crippen LogP contribution in [0.25, 0.3) is 0 Å². The lowest BCUT2D eigenvalue weighted by Gasteiger charge is -2.33. The molecule has 1 aliphatic heterocycles. The van der Waals surface area contributed by atoms with E-state index in [2.05, 4.69) is 24.0 Å². The van der Waals surface area contributed by atoms with Crippen molar-refractivity contribution in [1.29, 1.82) is 0 Å². The van der Waals surface area contributed by atoms with Gasteiger partial charge in [0, 0.05) is 31.5 Å². The predicted molar refractivity (Wildman–Crippen MR) is 81.1 cm³/mol. The fourth-order valence-corrected chi connectivity index (χ4v) is 3.09. The zero-order valence-corrected chi connectivity index (χ0v) is 13.4. The van der Waals surface area contributed by atoms with Crippen LogP contribution in [0.3, 0.4) is 0 Å². The summed E-state index contributed by atoms with van der Waals surface area (Å²) < 4.78 is 2.71. The molecule has 112 valence electrons. The molecule has 2 rings (SSSR count). The molecule has 2 heterocycles. The van der Waals surface area contributed by atoms with E-state index in [0.29, 0.717) is 10.7 Å². The lowest BCUT2D eigenvalue weighted by molar-refractivity contribution is -0.136. The van der Waals surface area contributed by atoms with E-state index in [-0.39, 0.29) is 11.8 Å². The van der Waals surface area contributed by atoms with Gasteiger partial charge in [0.1, 0.15) is 5.82 Å². The van der Waals surface area contributed by atoms with Crippen LogP contribution in [-0.2, 0) is 11.3 Å². The number of likely N-dealkylation sites (tertiary alicyclic amines) is 1. The molecular weight excluding hydrogens is 272 g/mol. The first-order valence-corrected chi connectivity index (χ1v) is 7.93. The molecule has 0 saturated carbocycles. The highest BCUT2D eigenvalue weighted by Gasteiger charge is 2.29. The minimum atomic E-state index is 0.112. The Morgan fingerprint density at radius 2 is 2.30 bits per heavy atom. The number of hydrogen-bond acceptors (Lipinski definition) is 3. The molecule has 1 aromatic rings. The number of hydrogen-bond donors (Lipinski definition) is 1. The second-order valence-corrected chi connectivity index (χ2v) is 5.95. The molecular formula is C14H24N4OS. The maximum absolute atomic E-state index is 12.3. The number of aromatic amines is 1. The van der Waals surface area contributed by atoms with E-state index in [9.17, 15) is 4.79 Å². The number of H-pyrrole nitrogens is 1. The van der Waals surface area contributed by atoms with Gasteiger partial charge in [-0.15, -0.1) is 0 Å². The molecule has 0 unspecified atom stereocenters. The number of carbonyl (C=O) groups excluding carboxylic acids is 1. The first kappa shape index (κ1) is 15.2. The number of nitrogens with one attached hydrogen (secondary N) is 1.